The molecule has 1 saturated heterocycles. The molecular weight excluding hydrogens is 772 g/mol. The van der Waals surface area contributed by atoms with Crippen LogP contribution in [0.25, 0.3) is 0 Å². The summed E-state index contributed by atoms with van der Waals surface area (Å²) in [6, 6.07) is 7.94. The highest BCUT2D eigenvalue weighted by atomic mass is 16.6. The van der Waals surface area contributed by atoms with Gasteiger partial charge in [-0.3, -0.25) is 33.6 Å². The summed E-state index contributed by atoms with van der Waals surface area (Å²) < 4.78 is 50.3. The molecule has 16 heteroatoms. The minimum absolute atomic E-state index is 0.0821. The van der Waals surface area contributed by atoms with Crippen LogP contribution in [-0.4, -0.2) is 101 Å². The zero-order valence-corrected chi connectivity index (χ0v) is 35.3. The number of hydrogen-bond acceptors (Lipinski definition) is 16. The standard InChI is InChI=1S/C43H54O16/c1-20(2)35(49)55-30-27-17-39(9,57-24(7)46)28(27)31-41(11)38(54-23(6)45)43(58-25(8)47)18-40(10,59-37(51)26-15-13-12-14-16-26)33(56-36(50)21(3)4)29(43)34(53-22(5)44)42(31,19-52-41)32(30)48/h12-16,20-21,27-31,33-34,38H,17-19H2,1-11H3/t27-,28+,29-,30-,31+,33-,34-,38+,39+,40+,41-,42+,43-/m1/s1. The van der Waals surface area contributed by atoms with E-state index >= 15 is 4.79 Å². The SMILES string of the molecule is CC(=O)O[C@@H]1[C@H]2[C@@H](OC(=O)C(C)C)[C@@](C)(OC(=O)c3ccccc3)C[C@]2(OC(C)=O)[C@@H](OC(C)=O)[C@]2(C)OC[C@]13C(=O)[C@H](OC(=O)C(C)C)[C@@H]1C[C@](C)(OC(C)=O)[C@@H]1[C@@H]23. The summed E-state index contributed by atoms with van der Waals surface area (Å²) in [7, 11) is 0. The number of carbonyl (C=O) groups is 8. The lowest BCUT2D eigenvalue weighted by molar-refractivity contribution is -0.262. The molecule has 0 amide bonds. The maximum Gasteiger partial charge on any atom is 0.338 e. The quantitative estimate of drug-likeness (QED) is 0.242. The van der Waals surface area contributed by atoms with E-state index in [2.05, 4.69) is 0 Å². The number of hydrogen-bond donors (Lipinski definition) is 0. The number of esters is 7. The molecule has 59 heavy (non-hydrogen) atoms. The van der Waals surface area contributed by atoms with Crippen LogP contribution in [0.4, 0.5) is 0 Å². The fraction of sp³-hybridized carbons (Fsp3) is 0.674. The van der Waals surface area contributed by atoms with Gasteiger partial charge in [0.25, 0.3) is 0 Å². The Bertz CT molecular complexity index is 1940. The van der Waals surface area contributed by atoms with Crippen LogP contribution in [0.3, 0.4) is 0 Å². The molecule has 1 aliphatic heterocycles. The highest BCUT2D eigenvalue weighted by molar-refractivity contribution is 5.95. The van der Waals surface area contributed by atoms with Crippen molar-refractivity contribution in [2.24, 2.45) is 40.9 Å². The van der Waals surface area contributed by atoms with Gasteiger partial charge in [0, 0.05) is 51.9 Å². The van der Waals surface area contributed by atoms with Crippen LogP contribution in [0.2, 0.25) is 0 Å². The van der Waals surface area contributed by atoms with Gasteiger partial charge in [0.1, 0.15) is 17.3 Å². The Kier molecular flexibility index (Phi) is 11.1. The number of rotatable bonds is 10. The fourth-order valence-electron chi connectivity index (χ4n) is 11.2. The third-order valence-electron chi connectivity index (χ3n) is 13.0. The molecule has 13 atom stereocenters. The van der Waals surface area contributed by atoms with Crippen LogP contribution in [0.5, 0.6) is 0 Å². The molecule has 5 aliphatic rings. The maximum absolute atomic E-state index is 15.7. The van der Waals surface area contributed by atoms with E-state index in [1.54, 1.807) is 59.7 Å². The molecule has 0 aromatic heterocycles. The number of carbonyl (C=O) groups excluding carboxylic acids is 8. The van der Waals surface area contributed by atoms with Gasteiger partial charge >= 0.3 is 41.8 Å². The van der Waals surface area contributed by atoms with E-state index in [9.17, 15) is 33.6 Å². The summed E-state index contributed by atoms with van der Waals surface area (Å²) in [6.07, 6.45) is -7.04. The van der Waals surface area contributed by atoms with Crippen molar-refractivity contribution in [1.29, 1.82) is 0 Å². The maximum atomic E-state index is 15.7. The second-order valence-corrected chi connectivity index (χ2v) is 18.0. The predicted octanol–water partition coefficient (Wildman–Crippen LogP) is 3.87. The smallest absolute Gasteiger partial charge is 0.338 e. The van der Waals surface area contributed by atoms with Crippen molar-refractivity contribution >= 4 is 47.6 Å². The summed E-state index contributed by atoms with van der Waals surface area (Å²) >= 11 is 0. The molecule has 0 radical (unpaired) electrons. The van der Waals surface area contributed by atoms with Crippen LogP contribution in [0.15, 0.2) is 30.3 Å². The topological polar surface area (TPSA) is 210 Å². The zero-order chi connectivity index (χ0) is 43.8. The lowest BCUT2D eigenvalue weighted by Gasteiger charge is -2.64. The van der Waals surface area contributed by atoms with Crippen molar-refractivity contribution < 1.29 is 76.3 Å². The van der Waals surface area contributed by atoms with Gasteiger partial charge in [0.05, 0.1) is 35.3 Å². The Balaban J connectivity index is 1.71. The van der Waals surface area contributed by atoms with Crippen molar-refractivity contribution in [1.82, 2.24) is 0 Å². The zero-order valence-electron chi connectivity index (χ0n) is 35.3. The minimum Gasteiger partial charge on any atom is -0.461 e. The number of Topliss-reactive ketones (excluding diaryl/α,β-unsaturated/α-hetero) is 1. The van der Waals surface area contributed by atoms with Crippen LogP contribution in [0, 0.1) is 40.9 Å². The van der Waals surface area contributed by atoms with E-state index in [0.29, 0.717) is 0 Å². The van der Waals surface area contributed by atoms with Gasteiger partial charge in [0.15, 0.2) is 35.3 Å². The van der Waals surface area contributed by atoms with Gasteiger partial charge in [-0.2, -0.15) is 0 Å². The molecule has 1 heterocycles. The van der Waals surface area contributed by atoms with Gasteiger partial charge in [-0.1, -0.05) is 45.9 Å². The molecule has 4 aliphatic carbocycles. The van der Waals surface area contributed by atoms with Gasteiger partial charge in [-0.05, 0) is 39.3 Å². The first-order chi connectivity index (χ1) is 27.4. The first-order valence-electron chi connectivity index (χ1n) is 20.0. The summed E-state index contributed by atoms with van der Waals surface area (Å²) in [5, 5.41) is 0. The van der Waals surface area contributed by atoms with Crippen LogP contribution in [0.1, 0.15) is 99.4 Å². The second-order valence-electron chi connectivity index (χ2n) is 18.0. The number of ketones is 1. The Labute approximate surface area is 342 Å². The number of fused-ring (bicyclic) bond motifs is 2. The molecule has 4 saturated carbocycles. The van der Waals surface area contributed by atoms with Crippen molar-refractivity contribution in [3.8, 4) is 0 Å². The lowest BCUT2D eigenvalue weighted by atomic mass is 9.42. The second kappa shape index (κ2) is 15.0. The molecule has 5 fully saturated rings. The monoisotopic (exact) mass is 826 g/mol. The summed E-state index contributed by atoms with van der Waals surface area (Å²) in [4.78, 5) is 110. The largest absolute Gasteiger partial charge is 0.461 e. The summed E-state index contributed by atoms with van der Waals surface area (Å²) in [6.45, 7) is 15.1. The molecule has 0 N–H and O–H groups in total. The molecule has 1 aromatic carbocycles. The third-order valence-corrected chi connectivity index (χ3v) is 13.0. The van der Waals surface area contributed by atoms with Crippen molar-refractivity contribution in [2.75, 3.05) is 6.61 Å². The van der Waals surface area contributed by atoms with E-state index in [-0.39, 0.29) is 12.0 Å². The van der Waals surface area contributed by atoms with Crippen LogP contribution >= 0.6 is 0 Å². The molecule has 16 nitrogen and oxygen atoms in total. The van der Waals surface area contributed by atoms with Crippen LogP contribution in [-0.2, 0) is 71.5 Å². The van der Waals surface area contributed by atoms with Gasteiger partial charge in [-0.15, -0.1) is 0 Å². The Hall–Kier alpha value is -4.86. The number of ether oxygens (including phenoxy) is 8. The van der Waals surface area contributed by atoms with E-state index in [4.69, 9.17) is 37.9 Å². The molecule has 0 unspecified atom stereocenters. The molecule has 6 rings (SSSR count). The average molecular weight is 827 g/mol. The fourth-order valence-corrected chi connectivity index (χ4v) is 11.2. The first-order valence-corrected chi connectivity index (χ1v) is 20.0. The van der Waals surface area contributed by atoms with Gasteiger partial charge < -0.3 is 37.9 Å². The Morgan fingerprint density at radius 1 is 0.678 bits per heavy atom. The highest BCUT2D eigenvalue weighted by Gasteiger charge is 2.88. The normalized spacial score (nSPS) is 39.0. The Morgan fingerprint density at radius 3 is 1.80 bits per heavy atom. The summed E-state index contributed by atoms with van der Waals surface area (Å²) in [5.74, 6) is -12.2. The van der Waals surface area contributed by atoms with Crippen molar-refractivity contribution in [3.05, 3.63) is 35.9 Å². The molecular formula is C43H54O16. The van der Waals surface area contributed by atoms with Gasteiger partial charge in [0.2, 0.25) is 0 Å². The highest BCUT2D eigenvalue weighted by Crippen LogP contribution is 2.73. The molecule has 322 valence electrons. The van der Waals surface area contributed by atoms with Gasteiger partial charge in [-0.25, -0.2) is 4.79 Å². The lowest BCUT2D eigenvalue weighted by Crippen LogP contribution is -2.75. The van der Waals surface area contributed by atoms with Crippen LogP contribution < -0.4 is 0 Å². The van der Waals surface area contributed by atoms with E-state index in [1.165, 1.54) is 26.0 Å². The third kappa shape index (κ3) is 6.88. The average Bonchev–Trinajstić information content (AvgIpc) is 3.53. The predicted molar refractivity (Wildman–Crippen MR) is 200 cm³/mol. The van der Waals surface area contributed by atoms with Crippen molar-refractivity contribution in [2.45, 2.75) is 136 Å². The number of benzene rings is 1. The first kappa shape index (κ1) is 43.7. The summed E-state index contributed by atoms with van der Waals surface area (Å²) in [5.41, 5.74) is -9.27. The van der Waals surface area contributed by atoms with E-state index in [1.807, 2.05) is 0 Å². The molecule has 2 bridgehead atoms. The minimum atomic E-state index is -2.23. The Morgan fingerprint density at radius 2 is 1.25 bits per heavy atom. The van der Waals surface area contributed by atoms with E-state index < -0.39 is 148 Å². The van der Waals surface area contributed by atoms with Crippen molar-refractivity contribution in [3.63, 3.8) is 0 Å². The van der Waals surface area contributed by atoms with E-state index in [0.717, 1.165) is 20.8 Å². The molecule has 1 aromatic rings. The molecule has 0 spiro atoms.